The molecule has 0 fully saturated rings. The Bertz CT molecular complexity index is 761. The summed E-state index contributed by atoms with van der Waals surface area (Å²) in [5, 5.41) is 11.0. The second-order valence-electron chi connectivity index (χ2n) is 7.48. The molecule has 0 unspecified atom stereocenters. The second-order valence-corrected chi connectivity index (χ2v) is 7.48. The number of benzene rings is 1. The fourth-order valence-electron chi connectivity index (χ4n) is 3.39. The number of guanidine groups is 1. The predicted octanol–water partition coefficient (Wildman–Crippen LogP) is 1.92. The number of aryl methyl sites for hydroxylation is 1. The number of hydrogen-bond acceptors (Lipinski definition) is 3. The molecule has 0 amide bonds. The largest absolute Gasteiger partial charge is 0.355 e. The van der Waals surface area contributed by atoms with Crippen LogP contribution >= 0.6 is 0 Å². The smallest absolute Gasteiger partial charge is 0.191 e. The van der Waals surface area contributed by atoms with Crippen LogP contribution in [0.15, 0.2) is 41.5 Å². The summed E-state index contributed by atoms with van der Waals surface area (Å²) in [5.74, 6) is 0.816. The fraction of sp³-hybridized carbons (Fsp3) is 0.500. The Morgan fingerprint density at radius 2 is 1.96 bits per heavy atom. The molecule has 0 saturated heterocycles. The summed E-state index contributed by atoms with van der Waals surface area (Å²) in [6, 6.07) is 10.8. The molecule has 2 heterocycles. The van der Waals surface area contributed by atoms with Gasteiger partial charge in [0.25, 0.3) is 0 Å². The van der Waals surface area contributed by atoms with Gasteiger partial charge in [0, 0.05) is 45.5 Å². The Morgan fingerprint density at radius 3 is 2.65 bits per heavy atom. The average Bonchev–Trinajstić information content (AvgIpc) is 3.06. The molecule has 6 nitrogen and oxygen atoms in total. The van der Waals surface area contributed by atoms with Crippen molar-refractivity contribution in [2.45, 2.75) is 38.9 Å². The van der Waals surface area contributed by atoms with Crippen molar-refractivity contribution in [3.05, 3.63) is 53.3 Å². The molecule has 2 aromatic rings. The Morgan fingerprint density at radius 1 is 1.19 bits per heavy atom. The number of nitrogens with one attached hydrogen (secondary N) is 2. The van der Waals surface area contributed by atoms with Gasteiger partial charge in [-0.1, -0.05) is 24.3 Å². The van der Waals surface area contributed by atoms with Crippen LogP contribution in [0.25, 0.3) is 0 Å². The van der Waals surface area contributed by atoms with Crippen molar-refractivity contribution in [2.75, 3.05) is 20.1 Å². The molecule has 26 heavy (non-hydrogen) atoms. The molecule has 0 spiro atoms. The quantitative estimate of drug-likeness (QED) is 0.636. The molecule has 6 heteroatoms. The SMILES string of the molecule is CN=C(NCc1ccnn1C)NCC(C)(C)N1CCc2ccccc2C1. The van der Waals surface area contributed by atoms with E-state index in [0.717, 1.165) is 37.7 Å². The number of fused-ring (bicyclic) bond motifs is 1. The second kappa shape index (κ2) is 7.91. The van der Waals surface area contributed by atoms with Gasteiger partial charge in [-0.05, 0) is 37.5 Å². The molecule has 1 aromatic carbocycles. The van der Waals surface area contributed by atoms with Crippen molar-refractivity contribution < 1.29 is 0 Å². The highest BCUT2D eigenvalue weighted by Crippen LogP contribution is 2.24. The Balaban J connectivity index is 1.54. The van der Waals surface area contributed by atoms with Gasteiger partial charge < -0.3 is 10.6 Å². The van der Waals surface area contributed by atoms with E-state index in [-0.39, 0.29) is 5.54 Å². The number of nitrogens with zero attached hydrogens (tertiary/aromatic N) is 4. The zero-order chi connectivity index (χ0) is 18.6. The Hall–Kier alpha value is -2.34. The molecule has 0 atom stereocenters. The highest BCUT2D eigenvalue weighted by molar-refractivity contribution is 5.79. The number of aliphatic imine (C=N–C) groups is 1. The first-order valence-electron chi connectivity index (χ1n) is 9.23. The molecular formula is C20H30N6. The average molecular weight is 355 g/mol. The zero-order valence-electron chi connectivity index (χ0n) is 16.3. The summed E-state index contributed by atoms with van der Waals surface area (Å²) < 4.78 is 1.87. The van der Waals surface area contributed by atoms with Crippen LogP contribution in [0.3, 0.4) is 0 Å². The summed E-state index contributed by atoms with van der Waals surface area (Å²) in [6.45, 7) is 8.22. The van der Waals surface area contributed by atoms with Gasteiger partial charge in [0.1, 0.15) is 0 Å². The van der Waals surface area contributed by atoms with E-state index in [1.165, 1.54) is 11.1 Å². The van der Waals surface area contributed by atoms with E-state index in [2.05, 4.69) is 63.7 Å². The van der Waals surface area contributed by atoms with E-state index < -0.39 is 0 Å². The highest BCUT2D eigenvalue weighted by atomic mass is 15.3. The van der Waals surface area contributed by atoms with E-state index >= 15 is 0 Å². The monoisotopic (exact) mass is 354 g/mol. The van der Waals surface area contributed by atoms with Crippen LogP contribution < -0.4 is 10.6 Å². The van der Waals surface area contributed by atoms with E-state index in [4.69, 9.17) is 0 Å². The van der Waals surface area contributed by atoms with Crippen LogP contribution in [0.1, 0.15) is 30.7 Å². The molecule has 0 saturated carbocycles. The predicted molar refractivity (Wildman–Crippen MR) is 106 cm³/mol. The maximum atomic E-state index is 4.35. The first-order valence-corrected chi connectivity index (χ1v) is 9.23. The fourth-order valence-corrected chi connectivity index (χ4v) is 3.39. The number of hydrogen-bond donors (Lipinski definition) is 2. The van der Waals surface area contributed by atoms with Gasteiger partial charge in [0.2, 0.25) is 0 Å². The topological polar surface area (TPSA) is 57.5 Å². The van der Waals surface area contributed by atoms with Crippen molar-refractivity contribution in [2.24, 2.45) is 12.0 Å². The van der Waals surface area contributed by atoms with Crippen molar-refractivity contribution in [1.29, 1.82) is 0 Å². The van der Waals surface area contributed by atoms with Crippen molar-refractivity contribution in [1.82, 2.24) is 25.3 Å². The molecule has 1 aliphatic rings. The Kier molecular flexibility index (Phi) is 5.61. The van der Waals surface area contributed by atoms with Gasteiger partial charge in [-0.25, -0.2) is 0 Å². The molecule has 1 aliphatic heterocycles. The van der Waals surface area contributed by atoms with Gasteiger partial charge in [0.15, 0.2) is 5.96 Å². The highest BCUT2D eigenvalue weighted by Gasteiger charge is 2.29. The normalized spacial score (nSPS) is 15.6. The number of rotatable bonds is 5. The van der Waals surface area contributed by atoms with Gasteiger partial charge >= 0.3 is 0 Å². The molecule has 1 aromatic heterocycles. The van der Waals surface area contributed by atoms with Crippen LogP contribution in [0.2, 0.25) is 0 Å². The van der Waals surface area contributed by atoms with E-state index in [1.54, 1.807) is 0 Å². The van der Waals surface area contributed by atoms with Crippen molar-refractivity contribution in [3.63, 3.8) is 0 Å². The lowest BCUT2D eigenvalue weighted by molar-refractivity contribution is 0.107. The summed E-state index contributed by atoms with van der Waals surface area (Å²) in [4.78, 5) is 6.90. The van der Waals surface area contributed by atoms with E-state index in [0.29, 0.717) is 6.54 Å². The minimum atomic E-state index is 0.0394. The standard InChI is InChI=1S/C20H30N6/c1-20(2,26-12-10-16-7-5-6-8-17(16)14-26)15-23-19(21-3)22-13-18-9-11-24-25(18)4/h5-9,11H,10,12-15H2,1-4H3,(H2,21,22,23). The molecule has 0 radical (unpaired) electrons. The van der Waals surface area contributed by atoms with E-state index in [9.17, 15) is 0 Å². The zero-order valence-corrected chi connectivity index (χ0v) is 16.3. The third kappa shape index (κ3) is 4.25. The first kappa shape index (κ1) is 18.5. The van der Waals surface area contributed by atoms with Crippen LogP contribution in [0.5, 0.6) is 0 Å². The van der Waals surface area contributed by atoms with Crippen LogP contribution in [0.4, 0.5) is 0 Å². The molecule has 140 valence electrons. The Labute approximate surface area is 156 Å². The molecule has 2 N–H and O–H groups in total. The van der Waals surface area contributed by atoms with Crippen molar-refractivity contribution in [3.8, 4) is 0 Å². The van der Waals surface area contributed by atoms with Gasteiger partial charge in [0.05, 0.1) is 12.2 Å². The molecular weight excluding hydrogens is 324 g/mol. The number of aromatic nitrogens is 2. The maximum Gasteiger partial charge on any atom is 0.191 e. The van der Waals surface area contributed by atoms with Gasteiger partial charge in [-0.15, -0.1) is 0 Å². The lowest BCUT2D eigenvalue weighted by atomic mass is 9.94. The maximum absolute atomic E-state index is 4.35. The third-order valence-electron chi connectivity index (χ3n) is 5.26. The summed E-state index contributed by atoms with van der Waals surface area (Å²) in [5.41, 5.74) is 4.10. The lowest BCUT2D eigenvalue weighted by Gasteiger charge is -2.42. The first-order chi connectivity index (χ1) is 12.5. The third-order valence-corrected chi connectivity index (χ3v) is 5.26. The molecule has 0 bridgehead atoms. The van der Waals surface area contributed by atoms with Gasteiger partial charge in [-0.3, -0.25) is 14.6 Å². The molecule has 0 aliphatic carbocycles. The van der Waals surface area contributed by atoms with Gasteiger partial charge in [-0.2, -0.15) is 5.10 Å². The van der Waals surface area contributed by atoms with E-state index in [1.807, 2.05) is 31.0 Å². The lowest BCUT2D eigenvalue weighted by Crippen LogP contribution is -2.54. The molecule has 3 rings (SSSR count). The summed E-state index contributed by atoms with van der Waals surface area (Å²) in [6.07, 6.45) is 2.93. The van der Waals surface area contributed by atoms with Crippen molar-refractivity contribution >= 4 is 5.96 Å². The summed E-state index contributed by atoms with van der Waals surface area (Å²) in [7, 11) is 3.76. The summed E-state index contributed by atoms with van der Waals surface area (Å²) >= 11 is 0. The minimum absolute atomic E-state index is 0.0394. The van der Waals surface area contributed by atoms with Crippen LogP contribution in [0, 0.1) is 0 Å². The van der Waals surface area contributed by atoms with Crippen LogP contribution in [-0.4, -0.2) is 46.3 Å². The minimum Gasteiger partial charge on any atom is -0.355 e. The van der Waals surface area contributed by atoms with Crippen LogP contribution in [-0.2, 0) is 26.6 Å².